The zero-order valence-electron chi connectivity index (χ0n) is 17.3. The molecule has 0 spiro atoms. The van der Waals surface area contributed by atoms with Gasteiger partial charge in [-0.25, -0.2) is 13.2 Å². The van der Waals surface area contributed by atoms with Crippen LogP contribution in [0.5, 0.6) is 17.2 Å². The first-order valence-electron chi connectivity index (χ1n) is 9.27. The van der Waals surface area contributed by atoms with Gasteiger partial charge in [-0.05, 0) is 36.4 Å². The maximum Gasteiger partial charge on any atom is 0.333 e. The van der Waals surface area contributed by atoms with E-state index in [1.807, 2.05) is 0 Å². The summed E-state index contributed by atoms with van der Waals surface area (Å²) in [4.78, 5) is 15.8. The number of carbonyl (C=O) groups is 1. The number of fused-ring (bicyclic) bond motifs is 1. The van der Waals surface area contributed by atoms with E-state index in [9.17, 15) is 18.5 Å². The van der Waals surface area contributed by atoms with Gasteiger partial charge in [0.1, 0.15) is 29.9 Å². The van der Waals surface area contributed by atoms with Crippen LogP contribution < -0.4 is 19.5 Å². The second-order valence-electron chi connectivity index (χ2n) is 6.59. The van der Waals surface area contributed by atoms with Crippen molar-refractivity contribution in [1.29, 1.82) is 5.26 Å². The van der Waals surface area contributed by atoms with Crippen LogP contribution in [0.3, 0.4) is 0 Å². The highest BCUT2D eigenvalue weighted by Gasteiger charge is 2.23. The van der Waals surface area contributed by atoms with Crippen molar-refractivity contribution in [3.63, 3.8) is 0 Å². The summed E-state index contributed by atoms with van der Waals surface area (Å²) in [6.45, 7) is 0.664. The summed E-state index contributed by atoms with van der Waals surface area (Å²) in [6.07, 6.45) is 2.43. The molecule has 0 atom stereocenters. The van der Waals surface area contributed by atoms with Gasteiger partial charge in [0.2, 0.25) is 10.0 Å². The number of urea groups is 1. The number of carbonyl (C=O) groups excluding carboxylic acids is 1. The van der Waals surface area contributed by atoms with Gasteiger partial charge in [0.15, 0.2) is 0 Å². The van der Waals surface area contributed by atoms with Crippen LogP contribution in [0.25, 0.3) is 10.9 Å². The number of nitrogens with zero attached hydrogens (tertiary/aromatic N) is 3. The van der Waals surface area contributed by atoms with Gasteiger partial charge in [0.25, 0.3) is 0 Å². The fraction of sp³-hybridized carbons (Fsp3) is 0.190. The molecule has 2 amide bonds. The number of anilines is 1. The third-order valence-corrected chi connectivity index (χ3v) is 5.35. The van der Waals surface area contributed by atoms with Crippen LogP contribution in [-0.4, -0.2) is 46.0 Å². The minimum atomic E-state index is -3.88. The number of benzene rings is 2. The molecule has 32 heavy (non-hydrogen) atoms. The Bertz CT molecular complexity index is 1290. The second-order valence-corrected chi connectivity index (χ2v) is 8.42. The highest BCUT2D eigenvalue weighted by atomic mass is 32.2. The zero-order valence-corrected chi connectivity index (χ0v) is 18.1. The Labute approximate surface area is 184 Å². The molecule has 2 aromatic carbocycles. The number of sulfonamides is 1. The molecule has 3 rings (SSSR count). The van der Waals surface area contributed by atoms with Gasteiger partial charge in [-0.15, -0.1) is 0 Å². The Morgan fingerprint density at radius 2 is 1.88 bits per heavy atom. The molecule has 0 saturated heterocycles. The number of aromatic nitrogens is 1. The van der Waals surface area contributed by atoms with Gasteiger partial charge < -0.3 is 19.9 Å². The summed E-state index contributed by atoms with van der Waals surface area (Å²) < 4.78 is 40.6. The summed E-state index contributed by atoms with van der Waals surface area (Å²) in [6, 6.07) is 11.7. The maximum atomic E-state index is 11.8. The molecule has 166 valence electrons. The Hall–Kier alpha value is -3.88. The van der Waals surface area contributed by atoms with E-state index >= 15 is 0 Å². The van der Waals surface area contributed by atoms with Crippen molar-refractivity contribution in [1.82, 2.24) is 4.98 Å². The van der Waals surface area contributed by atoms with Gasteiger partial charge in [0.05, 0.1) is 29.6 Å². The van der Waals surface area contributed by atoms with E-state index < -0.39 is 16.1 Å². The molecule has 1 aromatic heterocycles. The molecular formula is C21H20N4O6S. The lowest BCUT2D eigenvalue weighted by Crippen LogP contribution is -2.40. The first-order chi connectivity index (χ1) is 15.2. The molecule has 0 saturated carbocycles. The van der Waals surface area contributed by atoms with Crippen LogP contribution in [0.4, 0.5) is 10.5 Å². The summed E-state index contributed by atoms with van der Waals surface area (Å²) in [5, 5.41) is 10.1. The van der Waals surface area contributed by atoms with Crippen LogP contribution in [0.15, 0.2) is 48.7 Å². The van der Waals surface area contributed by atoms with Gasteiger partial charge in [0, 0.05) is 24.8 Å². The summed E-state index contributed by atoms with van der Waals surface area (Å²) in [5.41, 5.74) is 6.13. The minimum absolute atomic E-state index is 0.0801. The second kappa shape index (κ2) is 9.51. The van der Waals surface area contributed by atoms with Gasteiger partial charge >= 0.3 is 6.03 Å². The van der Waals surface area contributed by atoms with Crippen LogP contribution in [0.2, 0.25) is 0 Å². The van der Waals surface area contributed by atoms with Gasteiger partial charge in [-0.2, -0.15) is 9.57 Å². The van der Waals surface area contributed by atoms with Crippen LogP contribution in [-0.2, 0) is 14.8 Å². The lowest BCUT2D eigenvalue weighted by molar-refractivity contribution is 0.146. The molecule has 0 aliphatic heterocycles. The molecule has 2 N–H and O–H groups in total. The number of primary amides is 1. The highest BCUT2D eigenvalue weighted by molar-refractivity contribution is 7.92. The van der Waals surface area contributed by atoms with Crippen molar-refractivity contribution >= 4 is 32.6 Å². The third kappa shape index (κ3) is 5.05. The predicted octanol–water partition coefficient (Wildman–Crippen LogP) is 2.77. The van der Waals surface area contributed by atoms with E-state index in [0.717, 1.165) is 6.26 Å². The van der Waals surface area contributed by atoms with Crippen LogP contribution in [0, 0.1) is 11.3 Å². The molecule has 11 heteroatoms. The van der Waals surface area contributed by atoms with Crippen LogP contribution in [0.1, 0.15) is 5.56 Å². The van der Waals surface area contributed by atoms with E-state index in [2.05, 4.69) is 11.1 Å². The quantitative estimate of drug-likeness (QED) is 0.509. The third-order valence-electron chi connectivity index (χ3n) is 4.30. The van der Waals surface area contributed by atoms with E-state index in [1.54, 1.807) is 31.5 Å². The molecule has 0 aliphatic rings. The maximum absolute atomic E-state index is 11.8. The molecule has 0 radical (unpaired) electrons. The summed E-state index contributed by atoms with van der Waals surface area (Å²) >= 11 is 0. The monoisotopic (exact) mass is 456 g/mol. The Morgan fingerprint density at radius 3 is 2.47 bits per heavy atom. The number of hydrogen-bond acceptors (Lipinski definition) is 8. The molecule has 1 heterocycles. The Balaban J connectivity index is 1.92. The van der Waals surface area contributed by atoms with E-state index in [1.165, 1.54) is 24.3 Å². The molecular weight excluding hydrogens is 436 g/mol. The lowest BCUT2D eigenvalue weighted by Gasteiger charge is -2.18. The largest absolute Gasteiger partial charge is 0.490 e. The number of pyridine rings is 1. The highest BCUT2D eigenvalue weighted by Crippen LogP contribution is 2.33. The summed E-state index contributed by atoms with van der Waals surface area (Å²) in [5.74, 6) is 1.19. The first kappa shape index (κ1) is 22.8. The number of hydrogen-bond donors (Lipinski definition) is 1. The SMILES string of the molecule is COCCOc1cc2nccc(Oc3ccc(N(C(N)=O)S(C)(=O)=O)cc3)c2cc1C#N. The average Bonchev–Trinajstić information content (AvgIpc) is 2.73. The number of amides is 2. The average molecular weight is 456 g/mol. The van der Waals surface area contributed by atoms with E-state index in [0.29, 0.717) is 44.6 Å². The molecule has 3 aromatic rings. The lowest BCUT2D eigenvalue weighted by atomic mass is 10.1. The van der Waals surface area contributed by atoms with Crippen LogP contribution >= 0.6 is 0 Å². The zero-order chi connectivity index (χ0) is 23.3. The topological polar surface area (TPSA) is 145 Å². The minimum Gasteiger partial charge on any atom is -0.490 e. The van der Waals surface area contributed by atoms with Crippen molar-refractivity contribution in [2.24, 2.45) is 5.73 Å². The standard InChI is InChI=1S/C21H20N4O6S/c1-29-9-10-30-20-12-18-17(11-14(20)13-22)19(7-8-24-18)31-16-5-3-15(4-6-16)25(21(23)26)32(2,27)28/h3-8,11-12H,9-10H2,1-2H3,(H2,23,26). The fourth-order valence-corrected chi connectivity index (χ4v) is 3.77. The fourth-order valence-electron chi connectivity index (χ4n) is 2.94. The van der Waals surface area contributed by atoms with Crippen molar-refractivity contribution in [2.45, 2.75) is 0 Å². The number of nitrogens with two attached hydrogens (primary N) is 1. The molecule has 10 nitrogen and oxygen atoms in total. The summed E-state index contributed by atoms with van der Waals surface area (Å²) in [7, 11) is -2.32. The van der Waals surface area contributed by atoms with Crippen molar-refractivity contribution in [3.8, 4) is 23.3 Å². The number of methoxy groups -OCH3 is 1. The Kier molecular flexibility index (Phi) is 6.77. The number of nitriles is 1. The van der Waals surface area contributed by atoms with Gasteiger partial charge in [-0.3, -0.25) is 4.98 Å². The molecule has 0 bridgehead atoms. The van der Waals surface area contributed by atoms with E-state index in [4.69, 9.17) is 19.9 Å². The first-order valence-corrected chi connectivity index (χ1v) is 11.1. The number of ether oxygens (including phenoxy) is 3. The van der Waals surface area contributed by atoms with Gasteiger partial charge in [-0.1, -0.05) is 0 Å². The van der Waals surface area contributed by atoms with E-state index in [-0.39, 0.29) is 12.3 Å². The Morgan fingerprint density at radius 1 is 1.16 bits per heavy atom. The molecule has 0 unspecified atom stereocenters. The normalized spacial score (nSPS) is 11.0. The predicted molar refractivity (Wildman–Crippen MR) is 117 cm³/mol. The van der Waals surface area contributed by atoms with Crippen molar-refractivity contribution in [3.05, 3.63) is 54.2 Å². The number of rotatable bonds is 8. The van der Waals surface area contributed by atoms with Crippen molar-refractivity contribution < 1.29 is 27.4 Å². The molecule has 0 fully saturated rings. The molecule has 0 aliphatic carbocycles. The smallest absolute Gasteiger partial charge is 0.333 e. The van der Waals surface area contributed by atoms with Crippen molar-refractivity contribution in [2.75, 3.05) is 30.9 Å².